The van der Waals surface area contributed by atoms with Gasteiger partial charge in [-0.3, -0.25) is 0 Å². The van der Waals surface area contributed by atoms with Gasteiger partial charge in [-0.05, 0) is 38.1 Å². The molecule has 4 heteroatoms. The zero-order valence-electron chi connectivity index (χ0n) is 11.7. The summed E-state index contributed by atoms with van der Waals surface area (Å²) in [5.41, 5.74) is 3.23. The predicted molar refractivity (Wildman–Crippen MR) is 86.2 cm³/mol. The van der Waals surface area contributed by atoms with Crippen LogP contribution in [0.5, 0.6) is 5.75 Å². The van der Waals surface area contributed by atoms with E-state index < -0.39 is 0 Å². The third kappa shape index (κ3) is 3.38. The number of methoxy groups -OCH3 is 1. The first kappa shape index (κ1) is 15.0. The van der Waals surface area contributed by atoms with Crippen LogP contribution in [0.1, 0.15) is 24.1 Å². The average molecular weight is 310 g/mol. The Bertz CT molecular complexity index is 613. The van der Waals surface area contributed by atoms with Crippen molar-refractivity contribution in [2.24, 2.45) is 0 Å². The van der Waals surface area contributed by atoms with Gasteiger partial charge in [0.25, 0.3) is 0 Å². The Balaban J connectivity index is 2.25. The molecule has 0 spiro atoms. The molecule has 0 aliphatic carbocycles. The number of hydrogen-bond acceptors (Lipinski definition) is 2. The highest BCUT2D eigenvalue weighted by Gasteiger charge is 2.12. The Morgan fingerprint density at radius 3 is 2.45 bits per heavy atom. The van der Waals surface area contributed by atoms with Gasteiger partial charge in [0.15, 0.2) is 0 Å². The molecule has 2 rings (SSSR count). The minimum Gasteiger partial charge on any atom is -0.496 e. The summed E-state index contributed by atoms with van der Waals surface area (Å²) in [7, 11) is 1.68. The largest absolute Gasteiger partial charge is 0.496 e. The van der Waals surface area contributed by atoms with Gasteiger partial charge in [0.05, 0.1) is 23.2 Å². The molecule has 0 amide bonds. The fourth-order valence-electron chi connectivity index (χ4n) is 2.11. The van der Waals surface area contributed by atoms with Crippen molar-refractivity contribution >= 4 is 28.9 Å². The fourth-order valence-corrected chi connectivity index (χ4v) is 2.40. The van der Waals surface area contributed by atoms with Crippen molar-refractivity contribution in [2.75, 3.05) is 12.4 Å². The number of aryl methyl sites for hydroxylation is 1. The van der Waals surface area contributed by atoms with E-state index in [0.717, 1.165) is 17.0 Å². The fraction of sp³-hybridized carbons (Fsp3) is 0.250. The number of ether oxygens (including phenoxy) is 1. The molecule has 0 aromatic heterocycles. The van der Waals surface area contributed by atoms with Gasteiger partial charge in [0.1, 0.15) is 5.75 Å². The summed E-state index contributed by atoms with van der Waals surface area (Å²) in [6, 6.07) is 11.8. The lowest BCUT2D eigenvalue weighted by Crippen LogP contribution is -2.08. The molecule has 2 nitrogen and oxygen atoms in total. The number of anilines is 1. The van der Waals surface area contributed by atoms with E-state index in [4.69, 9.17) is 27.9 Å². The Morgan fingerprint density at radius 1 is 1.05 bits per heavy atom. The highest BCUT2D eigenvalue weighted by atomic mass is 35.5. The molecule has 0 aliphatic rings. The summed E-state index contributed by atoms with van der Waals surface area (Å²) in [4.78, 5) is 0. The molecule has 2 aromatic carbocycles. The summed E-state index contributed by atoms with van der Waals surface area (Å²) in [5.74, 6) is 0.871. The molecule has 2 aromatic rings. The SMILES string of the molecule is COc1ccc(C)cc1C(C)Nc1ccc(Cl)c(Cl)c1. The lowest BCUT2D eigenvalue weighted by atomic mass is 10.0. The van der Waals surface area contributed by atoms with E-state index in [-0.39, 0.29) is 6.04 Å². The number of rotatable bonds is 4. The van der Waals surface area contributed by atoms with Gasteiger partial charge in [0.2, 0.25) is 0 Å². The molecule has 0 fully saturated rings. The second-order valence-electron chi connectivity index (χ2n) is 4.74. The van der Waals surface area contributed by atoms with E-state index in [1.165, 1.54) is 5.56 Å². The number of hydrogen-bond donors (Lipinski definition) is 1. The highest BCUT2D eigenvalue weighted by Crippen LogP contribution is 2.31. The van der Waals surface area contributed by atoms with Crippen molar-refractivity contribution < 1.29 is 4.74 Å². The van der Waals surface area contributed by atoms with E-state index >= 15 is 0 Å². The van der Waals surface area contributed by atoms with Crippen LogP contribution in [0.15, 0.2) is 36.4 Å². The molecule has 1 N–H and O–H groups in total. The number of nitrogens with one attached hydrogen (secondary N) is 1. The molecule has 0 heterocycles. The summed E-state index contributed by atoms with van der Waals surface area (Å²) < 4.78 is 5.41. The second kappa shape index (κ2) is 6.38. The smallest absolute Gasteiger partial charge is 0.124 e. The summed E-state index contributed by atoms with van der Waals surface area (Å²) in [6.07, 6.45) is 0. The Labute approximate surface area is 129 Å². The molecule has 0 saturated heterocycles. The zero-order valence-corrected chi connectivity index (χ0v) is 13.2. The topological polar surface area (TPSA) is 21.3 Å². The van der Waals surface area contributed by atoms with Crippen molar-refractivity contribution in [1.82, 2.24) is 0 Å². The van der Waals surface area contributed by atoms with E-state index in [2.05, 4.69) is 25.2 Å². The molecule has 106 valence electrons. The third-order valence-corrected chi connectivity index (χ3v) is 3.89. The van der Waals surface area contributed by atoms with Crippen molar-refractivity contribution in [3.8, 4) is 5.75 Å². The quantitative estimate of drug-likeness (QED) is 0.807. The van der Waals surface area contributed by atoms with E-state index in [9.17, 15) is 0 Å². The second-order valence-corrected chi connectivity index (χ2v) is 5.55. The Hall–Kier alpha value is -1.38. The third-order valence-electron chi connectivity index (χ3n) is 3.15. The highest BCUT2D eigenvalue weighted by molar-refractivity contribution is 6.42. The maximum atomic E-state index is 6.03. The molecule has 0 saturated carbocycles. The zero-order chi connectivity index (χ0) is 14.7. The van der Waals surface area contributed by atoms with Crippen LogP contribution in [-0.4, -0.2) is 7.11 Å². The van der Waals surface area contributed by atoms with Crippen LogP contribution >= 0.6 is 23.2 Å². The van der Waals surface area contributed by atoms with E-state index in [0.29, 0.717) is 10.0 Å². The minimum atomic E-state index is 0.0992. The van der Waals surface area contributed by atoms with Crippen molar-refractivity contribution in [1.29, 1.82) is 0 Å². The minimum absolute atomic E-state index is 0.0992. The van der Waals surface area contributed by atoms with Gasteiger partial charge in [0, 0.05) is 11.3 Å². The van der Waals surface area contributed by atoms with Gasteiger partial charge >= 0.3 is 0 Å². The van der Waals surface area contributed by atoms with Crippen LogP contribution < -0.4 is 10.1 Å². The maximum Gasteiger partial charge on any atom is 0.124 e. The molecule has 20 heavy (non-hydrogen) atoms. The van der Waals surface area contributed by atoms with Gasteiger partial charge in [-0.15, -0.1) is 0 Å². The maximum absolute atomic E-state index is 6.03. The summed E-state index contributed by atoms with van der Waals surface area (Å²) in [5, 5.41) is 4.50. The van der Waals surface area contributed by atoms with E-state index in [1.807, 2.05) is 24.3 Å². The van der Waals surface area contributed by atoms with Crippen LogP contribution in [0.2, 0.25) is 10.0 Å². The van der Waals surface area contributed by atoms with Crippen LogP contribution in [0.3, 0.4) is 0 Å². The summed E-state index contributed by atoms with van der Waals surface area (Å²) in [6.45, 7) is 4.15. The van der Waals surface area contributed by atoms with E-state index in [1.54, 1.807) is 13.2 Å². The molecule has 1 atom stereocenters. The average Bonchev–Trinajstić information content (AvgIpc) is 2.43. The lowest BCUT2D eigenvalue weighted by Gasteiger charge is -2.19. The molecule has 1 unspecified atom stereocenters. The monoisotopic (exact) mass is 309 g/mol. The molecule has 0 radical (unpaired) electrons. The molecule has 0 aliphatic heterocycles. The molecular formula is C16H17Cl2NO. The number of halogens is 2. The van der Waals surface area contributed by atoms with Crippen molar-refractivity contribution in [3.63, 3.8) is 0 Å². The van der Waals surface area contributed by atoms with Gasteiger partial charge in [-0.25, -0.2) is 0 Å². The summed E-state index contributed by atoms with van der Waals surface area (Å²) >= 11 is 12.0. The van der Waals surface area contributed by atoms with Gasteiger partial charge in [-0.1, -0.05) is 40.9 Å². The Morgan fingerprint density at radius 2 is 1.80 bits per heavy atom. The normalized spacial score (nSPS) is 12.1. The standard InChI is InChI=1S/C16H17Cl2NO/c1-10-4-7-16(20-3)13(8-10)11(2)19-12-5-6-14(17)15(18)9-12/h4-9,11,19H,1-3H3. The first-order valence-electron chi connectivity index (χ1n) is 6.37. The van der Waals surface area contributed by atoms with Gasteiger partial charge < -0.3 is 10.1 Å². The number of benzene rings is 2. The molecule has 0 bridgehead atoms. The van der Waals surface area contributed by atoms with Crippen molar-refractivity contribution in [2.45, 2.75) is 19.9 Å². The first-order valence-corrected chi connectivity index (χ1v) is 7.13. The van der Waals surface area contributed by atoms with Crippen LogP contribution in [0.25, 0.3) is 0 Å². The Kier molecular flexibility index (Phi) is 4.79. The lowest BCUT2D eigenvalue weighted by molar-refractivity contribution is 0.408. The predicted octanol–water partition coefficient (Wildman–Crippen LogP) is 5.48. The van der Waals surface area contributed by atoms with Crippen molar-refractivity contribution in [3.05, 3.63) is 57.6 Å². The van der Waals surface area contributed by atoms with Crippen LogP contribution in [0.4, 0.5) is 5.69 Å². The first-order chi connectivity index (χ1) is 9.51. The van der Waals surface area contributed by atoms with Crippen LogP contribution in [-0.2, 0) is 0 Å². The van der Waals surface area contributed by atoms with Crippen LogP contribution in [0, 0.1) is 6.92 Å². The van der Waals surface area contributed by atoms with Gasteiger partial charge in [-0.2, -0.15) is 0 Å². The molecular weight excluding hydrogens is 293 g/mol.